The molecule has 0 bridgehead atoms. The first-order valence-corrected chi connectivity index (χ1v) is 9.76. The predicted molar refractivity (Wildman–Crippen MR) is 93.4 cm³/mol. The summed E-state index contributed by atoms with van der Waals surface area (Å²) in [6.07, 6.45) is -7.06. The van der Waals surface area contributed by atoms with E-state index in [-0.39, 0.29) is 12.7 Å². The summed E-state index contributed by atoms with van der Waals surface area (Å²) in [5, 5.41) is 0. The molecule has 3 aliphatic heterocycles. The molecule has 10 nitrogen and oxygen atoms in total. The monoisotopic (exact) mass is 466 g/mol. The predicted octanol–water partition coefficient (Wildman–Crippen LogP) is 0.816. The molecule has 0 aromatic carbocycles. The van der Waals surface area contributed by atoms with Crippen LogP contribution in [0, 0.1) is 11.8 Å². The lowest BCUT2D eigenvalue weighted by Crippen LogP contribution is -2.38. The smallest absolute Gasteiger partial charge is 0.422 e. The molecule has 6 unspecified atom stereocenters. The third-order valence-corrected chi connectivity index (χ3v) is 5.23. The van der Waals surface area contributed by atoms with Crippen molar-refractivity contribution >= 4 is 23.9 Å². The molecule has 3 fully saturated rings. The summed E-state index contributed by atoms with van der Waals surface area (Å²) < 4.78 is 67.7. The molecule has 13 heteroatoms. The van der Waals surface area contributed by atoms with Crippen LogP contribution in [0.4, 0.5) is 13.2 Å². The number of rotatable bonds is 7. The Kier molecular flexibility index (Phi) is 7.08. The van der Waals surface area contributed by atoms with Crippen molar-refractivity contribution < 1.29 is 60.8 Å². The molecule has 3 saturated heterocycles. The van der Waals surface area contributed by atoms with Crippen LogP contribution in [-0.2, 0) is 47.6 Å². The largest absolute Gasteiger partial charge is 0.463 e. The zero-order valence-electron chi connectivity index (χ0n) is 16.9. The molecule has 6 atom stereocenters. The van der Waals surface area contributed by atoms with Crippen molar-refractivity contribution in [1.82, 2.24) is 0 Å². The molecule has 3 heterocycles. The summed E-state index contributed by atoms with van der Waals surface area (Å²) in [4.78, 5) is 48.2. The summed E-state index contributed by atoms with van der Waals surface area (Å²) >= 11 is 0. The van der Waals surface area contributed by atoms with Gasteiger partial charge in [-0.25, -0.2) is 9.59 Å². The third kappa shape index (κ3) is 5.21. The van der Waals surface area contributed by atoms with Crippen molar-refractivity contribution in [3.05, 3.63) is 12.2 Å². The van der Waals surface area contributed by atoms with E-state index in [0.29, 0.717) is 13.0 Å². The fourth-order valence-electron chi connectivity index (χ4n) is 3.61. The zero-order valence-corrected chi connectivity index (χ0v) is 16.9. The van der Waals surface area contributed by atoms with Crippen LogP contribution in [-0.4, -0.2) is 74.5 Å². The lowest BCUT2D eigenvalue weighted by atomic mass is 9.90. The van der Waals surface area contributed by atoms with Gasteiger partial charge in [0, 0.05) is 6.61 Å². The molecule has 178 valence electrons. The Morgan fingerprint density at radius 1 is 1.22 bits per heavy atom. The second kappa shape index (κ2) is 9.45. The molecule has 0 aromatic heterocycles. The molecular weight excluding hydrogens is 445 g/mol. The van der Waals surface area contributed by atoms with Gasteiger partial charge in [-0.05, 0) is 19.8 Å². The van der Waals surface area contributed by atoms with Crippen LogP contribution in [0.25, 0.3) is 0 Å². The van der Waals surface area contributed by atoms with Crippen LogP contribution in [0.1, 0.15) is 19.8 Å². The van der Waals surface area contributed by atoms with Crippen molar-refractivity contribution in [2.24, 2.45) is 11.8 Å². The van der Waals surface area contributed by atoms with Crippen LogP contribution in [0.5, 0.6) is 0 Å². The van der Waals surface area contributed by atoms with Crippen LogP contribution >= 0.6 is 0 Å². The molecule has 0 aliphatic carbocycles. The molecule has 0 N–H and O–H groups in total. The highest BCUT2D eigenvalue weighted by molar-refractivity contribution is 5.90. The van der Waals surface area contributed by atoms with Crippen LogP contribution in [0.2, 0.25) is 0 Å². The van der Waals surface area contributed by atoms with Crippen molar-refractivity contribution in [3.8, 4) is 0 Å². The third-order valence-electron chi connectivity index (χ3n) is 5.23. The van der Waals surface area contributed by atoms with E-state index in [1.54, 1.807) is 0 Å². The Hall–Kier alpha value is -2.67. The number of halogens is 3. The number of cyclic esters (lactones) is 1. The van der Waals surface area contributed by atoms with Crippen LogP contribution in [0.3, 0.4) is 0 Å². The Bertz CT molecular complexity index is 789. The second-order valence-corrected chi connectivity index (χ2v) is 7.47. The van der Waals surface area contributed by atoms with Gasteiger partial charge in [-0.3, -0.25) is 9.59 Å². The van der Waals surface area contributed by atoms with Crippen LogP contribution < -0.4 is 0 Å². The molecule has 0 amide bonds. The van der Waals surface area contributed by atoms with Crippen molar-refractivity contribution in [1.29, 1.82) is 0 Å². The SMILES string of the molecule is C=C(C(=O)OCC(=O)OC1OC2C(C)OC(=O)C2C1C(=O)OCC1CCCO1)C(F)(F)F. The van der Waals surface area contributed by atoms with E-state index < -0.39 is 72.6 Å². The number of ether oxygens (including phenoxy) is 6. The number of carbonyl (C=O) groups is 4. The van der Waals surface area contributed by atoms with Gasteiger partial charge >= 0.3 is 30.1 Å². The summed E-state index contributed by atoms with van der Waals surface area (Å²) in [6, 6.07) is 0. The maximum absolute atomic E-state index is 12.7. The van der Waals surface area contributed by atoms with Gasteiger partial charge in [-0.1, -0.05) is 6.58 Å². The normalized spacial score (nSPS) is 31.6. The number of fused-ring (bicyclic) bond motifs is 1. The van der Waals surface area contributed by atoms with E-state index in [1.165, 1.54) is 6.92 Å². The minimum absolute atomic E-state index is 0.0743. The van der Waals surface area contributed by atoms with Gasteiger partial charge in [-0.2, -0.15) is 13.2 Å². The highest BCUT2D eigenvalue weighted by atomic mass is 19.4. The summed E-state index contributed by atoms with van der Waals surface area (Å²) in [7, 11) is 0. The number of carbonyl (C=O) groups excluding carboxylic acids is 4. The number of hydrogen-bond donors (Lipinski definition) is 0. The zero-order chi connectivity index (χ0) is 23.6. The average molecular weight is 466 g/mol. The van der Waals surface area contributed by atoms with Gasteiger partial charge in [0.25, 0.3) is 0 Å². The van der Waals surface area contributed by atoms with E-state index in [9.17, 15) is 32.3 Å². The second-order valence-electron chi connectivity index (χ2n) is 7.47. The van der Waals surface area contributed by atoms with Gasteiger partial charge in [-0.15, -0.1) is 0 Å². The first-order valence-electron chi connectivity index (χ1n) is 9.76. The summed E-state index contributed by atoms with van der Waals surface area (Å²) in [5.74, 6) is -7.26. The molecule has 32 heavy (non-hydrogen) atoms. The number of esters is 4. The maximum Gasteiger partial charge on any atom is 0.422 e. The fraction of sp³-hybridized carbons (Fsp3) is 0.684. The molecule has 0 aromatic rings. The molecule has 0 saturated carbocycles. The fourth-order valence-corrected chi connectivity index (χ4v) is 3.61. The minimum Gasteiger partial charge on any atom is -0.463 e. The lowest BCUT2D eigenvalue weighted by molar-refractivity contribution is -0.199. The first kappa shape index (κ1) is 24.0. The van der Waals surface area contributed by atoms with E-state index >= 15 is 0 Å². The average Bonchev–Trinajstić information content (AvgIpc) is 3.42. The Labute approximate surface area is 179 Å². The highest BCUT2D eigenvalue weighted by Gasteiger charge is 2.61. The minimum atomic E-state index is -5.03. The molecular formula is C19H21F3O10. The summed E-state index contributed by atoms with van der Waals surface area (Å²) in [5.41, 5.74) is -1.80. The van der Waals surface area contributed by atoms with Gasteiger partial charge in [0.15, 0.2) is 6.61 Å². The van der Waals surface area contributed by atoms with E-state index in [0.717, 1.165) is 6.42 Å². The number of hydrogen-bond acceptors (Lipinski definition) is 10. The van der Waals surface area contributed by atoms with Gasteiger partial charge in [0.2, 0.25) is 6.29 Å². The quantitative estimate of drug-likeness (QED) is 0.303. The van der Waals surface area contributed by atoms with Crippen molar-refractivity contribution in [2.45, 2.75) is 50.5 Å². The van der Waals surface area contributed by atoms with Gasteiger partial charge in [0.1, 0.15) is 36.2 Å². The standard InChI is InChI=1S/C19H21F3O10/c1-8(19(20,21)22)15(24)29-7-11(23)31-18-13(12-14(32-18)9(2)30-17(12)26)16(25)28-6-10-4-3-5-27-10/h9-10,12-14,18H,1,3-7H2,2H3. The first-order chi connectivity index (χ1) is 15.0. The van der Waals surface area contributed by atoms with E-state index in [1.807, 2.05) is 0 Å². The molecule has 0 radical (unpaired) electrons. The van der Waals surface area contributed by atoms with Gasteiger partial charge < -0.3 is 28.4 Å². The Morgan fingerprint density at radius 3 is 2.56 bits per heavy atom. The van der Waals surface area contributed by atoms with Crippen LogP contribution in [0.15, 0.2) is 12.2 Å². The van der Waals surface area contributed by atoms with Crippen molar-refractivity contribution in [2.75, 3.05) is 19.8 Å². The van der Waals surface area contributed by atoms with Crippen molar-refractivity contribution in [3.63, 3.8) is 0 Å². The van der Waals surface area contributed by atoms with E-state index in [4.69, 9.17) is 23.7 Å². The summed E-state index contributed by atoms with van der Waals surface area (Å²) in [6.45, 7) is 3.33. The Morgan fingerprint density at radius 2 is 1.94 bits per heavy atom. The maximum atomic E-state index is 12.7. The highest BCUT2D eigenvalue weighted by Crippen LogP contribution is 2.42. The van der Waals surface area contributed by atoms with E-state index in [2.05, 4.69) is 11.3 Å². The lowest BCUT2D eigenvalue weighted by Gasteiger charge is -2.21. The topological polar surface area (TPSA) is 124 Å². The molecule has 0 spiro atoms. The Balaban J connectivity index is 1.61. The molecule has 3 aliphatic rings. The molecule has 3 rings (SSSR count). The van der Waals surface area contributed by atoms with Gasteiger partial charge in [0.05, 0.1) is 6.10 Å². The number of alkyl halides is 3.